The monoisotopic (exact) mass is 387 g/mol. The van der Waals surface area contributed by atoms with Gasteiger partial charge in [-0.15, -0.1) is 0 Å². The minimum atomic E-state index is -4.59. The van der Waals surface area contributed by atoms with E-state index in [9.17, 15) is 22.4 Å². The molecular weight excluding hydrogens is 370 g/mol. The molecule has 2 aromatic rings. The van der Waals surface area contributed by atoms with Crippen LogP contribution in [-0.4, -0.2) is 41.8 Å². The number of rotatable bonds is 5. The van der Waals surface area contributed by atoms with Crippen LogP contribution in [0, 0.1) is 5.82 Å². The van der Waals surface area contributed by atoms with E-state index in [1.807, 2.05) is 5.10 Å². The summed E-state index contributed by atoms with van der Waals surface area (Å²) in [7, 11) is 1.47. The Morgan fingerprint density at radius 2 is 2.00 bits per heavy atom. The van der Waals surface area contributed by atoms with Crippen molar-refractivity contribution in [2.24, 2.45) is 4.99 Å². The van der Waals surface area contributed by atoms with Gasteiger partial charge in [0.15, 0.2) is 5.82 Å². The lowest BCUT2D eigenvalue weighted by Crippen LogP contribution is -2.40. The van der Waals surface area contributed by atoms with E-state index in [0.29, 0.717) is 0 Å². The largest absolute Gasteiger partial charge is 0.432 e. The van der Waals surface area contributed by atoms with Gasteiger partial charge < -0.3 is 15.4 Å². The summed E-state index contributed by atoms with van der Waals surface area (Å²) >= 11 is 0. The van der Waals surface area contributed by atoms with Crippen molar-refractivity contribution in [3.63, 3.8) is 0 Å². The highest BCUT2D eigenvalue weighted by Crippen LogP contribution is 2.28. The molecule has 0 aliphatic heterocycles. The number of benzene rings is 1. The van der Waals surface area contributed by atoms with Crippen LogP contribution in [0.2, 0.25) is 0 Å². The molecule has 2 rings (SSSR count). The van der Waals surface area contributed by atoms with Crippen molar-refractivity contribution in [3.05, 3.63) is 47.4 Å². The molecule has 146 valence electrons. The van der Waals surface area contributed by atoms with Crippen LogP contribution in [0.25, 0.3) is 0 Å². The van der Waals surface area contributed by atoms with Crippen molar-refractivity contribution in [1.29, 1.82) is 0 Å². The highest BCUT2D eigenvalue weighted by Gasteiger charge is 2.33. The Morgan fingerprint density at radius 1 is 1.33 bits per heavy atom. The number of guanidine groups is 1. The van der Waals surface area contributed by atoms with Gasteiger partial charge in [-0.25, -0.2) is 4.39 Å². The fourth-order valence-electron chi connectivity index (χ4n) is 2.03. The predicted molar refractivity (Wildman–Crippen MR) is 89.9 cm³/mol. The molecule has 1 atom stereocenters. The molecule has 1 amide bonds. The minimum Gasteiger partial charge on any atom is -0.383 e. The summed E-state index contributed by atoms with van der Waals surface area (Å²) in [5.41, 5.74) is -0.950. The van der Waals surface area contributed by atoms with Gasteiger partial charge >= 0.3 is 6.18 Å². The number of nitrogens with one attached hydrogen (secondary N) is 3. The molecule has 0 saturated heterocycles. The number of hydrogen-bond acceptors (Lipinski definition) is 3. The number of methoxy groups -OCH3 is 1. The first-order chi connectivity index (χ1) is 12.7. The Hall–Kier alpha value is -2.95. The van der Waals surface area contributed by atoms with Crippen molar-refractivity contribution in [2.45, 2.75) is 19.1 Å². The highest BCUT2D eigenvalue weighted by atomic mass is 19.4. The second-order valence-corrected chi connectivity index (χ2v) is 5.56. The molecule has 0 spiro atoms. The number of hydrogen-bond donors (Lipinski definition) is 3. The molecule has 7 nitrogen and oxygen atoms in total. The van der Waals surface area contributed by atoms with Crippen LogP contribution < -0.4 is 10.6 Å². The van der Waals surface area contributed by atoms with Gasteiger partial charge in [0.25, 0.3) is 5.91 Å². The molecule has 11 heteroatoms. The van der Waals surface area contributed by atoms with E-state index in [1.54, 1.807) is 6.92 Å². The summed E-state index contributed by atoms with van der Waals surface area (Å²) in [6.45, 7) is 1.97. The molecular formula is C16H17F4N5O2. The van der Waals surface area contributed by atoms with Crippen molar-refractivity contribution >= 4 is 17.7 Å². The number of aromatic amines is 1. The number of halogens is 4. The first-order valence-corrected chi connectivity index (χ1v) is 7.72. The first kappa shape index (κ1) is 20.4. The summed E-state index contributed by atoms with van der Waals surface area (Å²) in [6, 6.07) is 5.10. The van der Waals surface area contributed by atoms with E-state index < -0.39 is 23.6 Å². The number of aromatic nitrogens is 2. The van der Waals surface area contributed by atoms with Gasteiger partial charge in [-0.1, -0.05) is 0 Å². The van der Waals surface area contributed by atoms with Crippen molar-refractivity contribution in [3.8, 4) is 0 Å². The number of carbonyl (C=O) groups is 1. The molecule has 0 fully saturated rings. The topological polar surface area (TPSA) is 91.4 Å². The van der Waals surface area contributed by atoms with Gasteiger partial charge in [-0.2, -0.15) is 23.3 Å². The molecule has 0 saturated carbocycles. The number of alkyl halides is 3. The van der Waals surface area contributed by atoms with E-state index in [2.05, 4.69) is 20.7 Å². The molecule has 3 N–H and O–H groups in total. The maximum Gasteiger partial charge on any atom is 0.432 e. The minimum absolute atomic E-state index is 0.106. The highest BCUT2D eigenvalue weighted by molar-refractivity contribution is 6.06. The standard InChI is InChI=1S/C16H17F4N5O2/c1-9(8-27-2)21-15(22-13-7-12(24-25-13)16(18,19)20)23-14(26)10-3-5-11(17)6-4-10/h3-7,9H,8H2,1-2H3,(H3,21,22,23,24,25,26)/t9-/m0/s1. The fraction of sp³-hybridized carbons (Fsp3) is 0.312. The third kappa shape index (κ3) is 6.06. The zero-order valence-electron chi connectivity index (χ0n) is 14.4. The molecule has 0 radical (unpaired) electrons. The van der Waals surface area contributed by atoms with Gasteiger partial charge in [-0.3, -0.25) is 9.89 Å². The normalized spacial score (nSPS) is 13.3. The number of anilines is 1. The van der Waals surface area contributed by atoms with E-state index >= 15 is 0 Å². The van der Waals surface area contributed by atoms with Gasteiger partial charge in [0, 0.05) is 24.8 Å². The van der Waals surface area contributed by atoms with Crippen LogP contribution in [0.3, 0.4) is 0 Å². The van der Waals surface area contributed by atoms with E-state index in [-0.39, 0.29) is 30.0 Å². The second kappa shape index (κ2) is 8.62. The first-order valence-electron chi connectivity index (χ1n) is 7.72. The van der Waals surface area contributed by atoms with E-state index in [4.69, 9.17) is 4.74 Å². The molecule has 0 bridgehead atoms. The lowest BCUT2D eigenvalue weighted by Gasteiger charge is -2.16. The van der Waals surface area contributed by atoms with E-state index in [0.717, 1.165) is 18.2 Å². The number of aliphatic imine (C=N–C) groups is 1. The maximum atomic E-state index is 13.0. The van der Waals surface area contributed by atoms with Crippen molar-refractivity contribution < 1.29 is 27.1 Å². The zero-order valence-corrected chi connectivity index (χ0v) is 14.4. The van der Waals surface area contributed by atoms with Crippen LogP contribution in [0.5, 0.6) is 0 Å². The molecule has 1 aromatic heterocycles. The number of ether oxygens (including phenoxy) is 1. The Bertz CT molecular complexity index is 802. The summed E-state index contributed by atoms with van der Waals surface area (Å²) in [4.78, 5) is 16.0. The molecule has 27 heavy (non-hydrogen) atoms. The van der Waals surface area contributed by atoms with Crippen LogP contribution in [0.15, 0.2) is 35.3 Å². The fourth-order valence-corrected chi connectivity index (χ4v) is 2.03. The average Bonchev–Trinajstić information content (AvgIpc) is 3.04. The summed E-state index contributed by atoms with van der Waals surface area (Å²) in [5, 5.41) is 10.7. The lowest BCUT2D eigenvalue weighted by molar-refractivity contribution is -0.141. The Labute approximate surface area is 151 Å². The summed E-state index contributed by atoms with van der Waals surface area (Å²) < 4.78 is 55.9. The van der Waals surface area contributed by atoms with Crippen LogP contribution in [0.4, 0.5) is 23.4 Å². The van der Waals surface area contributed by atoms with Crippen LogP contribution in [-0.2, 0) is 10.9 Å². The predicted octanol–water partition coefficient (Wildman–Crippen LogP) is 2.80. The number of carbonyl (C=O) groups excluding carboxylic acids is 1. The van der Waals surface area contributed by atoms with Crippen LogP contribution >= 0.6 is 0 Å². The number of nitrogens with zero attached hydrogens (tertiary/aromatic N) is 2. The zero-order chi connectivity index (χ0) is 20.0. The Balaban J connectivity index is 2.23. The summed E-state index contributed by atoms with van der Waals surface area (Å²) in [5.74, 6) is -1.56. The summed E-state index contributed by atoms with van der Waals surface area (Å²) in [6.07, 6.45) is -4.59. The van der Waals surface area contributed by atoms with Crippen molar-refractivity contribution in [2.75, 3.05) is 19.0 Å². The average molecular weight is 387 g/mol. The smallest absolute Gasteiger partial charge is 0.383 e. The van der Waals surface area contributed by atoms with E-state index in [1.165, 1.54) is 19.2 Å². The molecule has 0 aliphatic carbocycles. The third-order valence-corrected chi connectivity index (χ3v) is 3.23. The van der Waals surface area contributed by atoms with Crippen LogP contribution in [0.1, 0.15) is 23.0 Å². The Morgan fingerprint density at radius 3 is 2.56 bits per heavy atom. The van der Waals surface area contributed by atoms with Gasteiger partial charge in [0.1, 0.15) is 11.5 Å². The SMILES string of the molecule is COC[C@H](C)N/C(=N/C(=O)c1ccc(F)cc1)Nc1cc(C(F)(F)F)[nH]n1. The lowest BCUT2D eigenvalue weighted by atomic mass is 10.2. The third-order valence-electron chi connectivity index (χ3n) is 3.23. The van der Waals surface area contributed by atoms with Gasteiger partial charge in [-0.05, 0) is 31.2 Å². The second-order valence-electron chi connectivity index (χ2n) is 5.56. The number of amides is 1. The van der Waals surface area contributed by atoms with Crippen molar-refractivity contribution in [1.82, 2.24) is 15.5 Å². The van der Waals surface area contributed by atoms with Gasteiger partial charge in [0.05, 0.1) is 6.61 Å². The van der Waals surface area contributed by atoms with Gasteiger partial charge in [0.2, 0.25) is 5.96 Å². The Kier molecular flexibility index (Phi) is 6.50. The molecule has 0 aliphatic rings. The molecule has 0 unspecified atom stereocenters. The molecule has 1 aromatic carbocycles. The quantitative estimate of drug-likeness (QED) is 0.417. The maximum absolute atomic E-state index is 13.0. The number of H-pyrrole nitrogens is 1. The molecule has 1 heterocycles.